The molecule has 3 aromatic carbocycles. The van der Waals surface area contributed by atoms with Crippen LogP contribution in [0.5, 0.6) is 0 Å². The third-order valence-electron chi connectivity index (χ3n) is 6.44. The standard InChI is InChI=1S/C26H32N2O2S/c1-19(25-12-6-8-22-7-3-4-11-26(22)25)28-24-10-5-9-23(17-24)21-15-13-20(14-16-21)18-27-31(2,29)30/h3-4,6-8,11-16,19,23-24,27-28H,5,9-10,17-18H2,1-2H3/t19-,23?,24?/m1/s1. The molecular weight excluding hydrogens is 404 g/mol. The summed E-state index contributed by atoms with van der Waals surface area (Å²) in [6.07, 6.45) is 5.97. The zero-order valence-corrected chi connectivity index (χ0v) is 19.2. The number of fused-ring (bicyclic) bond motifs is 1. The highest BCUT2D eigenvalue weighted by atomic mass is 32.2. The monoisotopic (exact) mass is 436 g/mol. The highest BCUT2D eigenvalue weighted by Gasteiger charge is 2.25. The molecule has 0 aliphatic heterocycles. The van der Waals surface area contributed by atoms with Gasteiger partial charge in [0.1, 0.15) is 0 Å². The summed E-state index contributed by atoms with van der Waals surface area (Å²) in [5, 5.41) is 6.52. The Labute approximate surface area is 186 Å². The van der Waals surface area contributed by atoms with Gasteiger partial charge in [0.15, 0.2) is 0 Å². The lowest BCUT2D eigenvalue weighted by Crippen LogP contribution is -2.35. The second-order valence-electron chi connectivity index (χ2n) is 8.85. The molecule has 0 spiro atoms. The van der Waals surface area contributed by atoms with Gasteiger partial charge in [0.25, 0.3) is 0 Å². The van der Waals surface area contributed by atoms with Crippen molar-refractivity contribution in [1.29, 1.82) is 0 Å². The Bertz CT molecular complexity index is 1120. The van der Waals surface area contributed by atoms with Crippen LogP contribution in [-0.4, -0.2) is 20.7 Å². The molecule has 164 valence electrons. The summed E-state index contributed by atoms with van der Waals surface area (Å²) < 4.78 is 25.2. The second-order valence-corrected chi connectivity index (χ2v) is 10.7. The van der Waals surface area contributed by atoms with Gasteiger partial charge in [0, 0.05) is 18.6 Å². The largest absolute Gasteiger partial charge is 0.307 e. The molecule has 5 heteroatoms. The molecular formula is C26H32N2O2S. The molecule has 4 nitrogen and oxygen atoms in total. The predicted molar refractivity (Wildman–Crippen MR) is 129 cm³/mol. The van der Waals surface area contributed by atoms with E-state index in [1.54, 1.807) is 0 Å². The minimum Gasteiger partial charge on any atom is -0.307 e. The number of hydrogen-bond donors (Lipinski definition) is 2. The van der Waals surface area contributed by atoms with E-state index < -0.39 is 10.0 Å². The second kappa shape index (κ2) is 9.51. The first kappa shape index (κ1) is 22.0. The molecule has 4 rings (SSSR count). The smallest absolute Gasteiger partial charge is 0.209 e. The van der Waals surface area contributed by atoms with Gasteiger partial charge in [-0.15, -0.1) is 0 Å². The molecule has 1 aliphatic rings. The molecule has 0 amide bonds. The van der Waals surface area contributed by atoms with Crippen molar-refractivity contribution in [2.75, 3.05) is 6.26 Å². The highest BCUT2D eigenvalue weighted by Crippen LogP contribution is 2.34. The van der Waals surface area contributed by atoms with Gasteiger partial charge in [0.2, 0.25) is 10.0 Å². The first-order valence-electron chi connectivity index (χ1n) is 11.2. The van der Waals surface area contributed by atoms with Crippen molar-refractivity contribution in [2.45, 2.75) is 57.2 Å². The van der Waals surface area contributed by atoms with Gasteiger partial charge in [-0.3, -0.25) is 0 Å². The maximum atomic E-state index is 11.3. The van der Waals surface area contributed by atoms with Crippen molar-refractivity contribution in [1.82, 2.24) is 10.0 Å². The SMILES string of the molecule is C[C@@H](NC1CCCC(c2ccc(CNS(C)(=O)=O)cc2)C1)c1cccc2ccccc12. The van der Waals surface area contributed by atoms with E-state index in [1.807, 2.05) is 12.1 Å². The van der Waals surface area contributed by atoms with Gasteiger partial charge in [0.05, 0.1) is 6.26 Å². The van der Waals surface area contributed by atoms with Gasteiger partial charge in [-0.25, -0.2) is 13.1 Å². The molecule has 3 atom stereocenters. The van der Waals surface area contributed by atoms with Crippen molar-refractivity contribution >= 4 is 20.8 Å². The molecule has 2 N–H and O–H groups in total. The minimum atomic E-state index is -3.17. The van der Waals surface area contributed by atoms with Crippen molar-refractivity contribution < 1.29 is 8.42 Å². The lowest BCUT2D eigenvalue weighted by atomic mass is 9.81. The van der Waals surface area contributed by atoms with Crippen LogP contribution in [0.3, 0.4) is 0 Å². The van der Waals surface area contributed by atoms with Crippen LogP contribution in [0.15, 0.2) is 66.7 Å². The Morgan fingerprint density at radius 2 is 1.71 bits per heavy atom. The Hall–Kier alpha value is -2.21. The first-order chi connectivity index (χ1) is 14.9. The summed E-state index contributed by atoms with van der Waals surface area (Å²) in [5.41, 5.74) is 3.71. The van der Waals surface area contributed by atoms with Crippen LogP contribution in [0.2, 0.25) is 0 Å². The number of rotatable bonds is 7. The Balaban J connectivity index is 1.40. The van der Waals surface area contributed by atoms with Crippen LogP contribution < -0.4 is 10.0 Å². The first-order valence-corrected chi connectivity index (χ1v) is 13.1. The minimum absolute atomic E-state index is 0.305. The van der Waals surface area contributed by atoms with Crippen LogP contribution in [0.4, 0.5) is 0 Å². The van der Waals surface area contributed by atoms with E-state index in [0.29, 0.717) is 24.5 Å². The molecule has 1 fully saturated rings. The lowest BCUT2D eigenvalue weighted by molar-refractivity contribution is 0.319. The highest BCUT2D eigenvalue weighted by molar-refractivity contribution is 7.88. The number of hydrogen-bond acceptors (Lipinski definition) is 3. The van der Waals surface area contributed by atoms with Crippen molar-refractivity contribution in [2.24, 2.45) is 0 Å². The molecule has 0 aromatic heterocycles. The van der Waals surface area contributed by atoms with Crippen molar-refractivity contribution in [3.05, 3.63) is 83.4 Å². The molecule has 3 aromatic rings. The predicted octanol–water partition coefficient (Wildman–Crippen LogP) is 5.27. The number of sulfonamides is 1. The van der Waals surface area contributed by atoms with Gasteiger partial charge >= 0.3 is 0 Å². The zero-order chi connectivity index (χ0) is 21.8. The number of nitrogens with one attached hydrogen (secondary N) is 2. The van der Waals surface area contributed by atoms with E-state index in [0.717, 1.165) is 12.0 Å². The normalized spacial score (nSPS) is 20.6. The maximum Gasteiger partial charge on any atom is 0.209 e. The van der Waals surface area contributed by atoms with Gasteiger partial charge < -0.3 is 5.32 Å². The van der Waals surface area contributed by atoms with Crippen molar-refractivity contribution in [3.8, 4) is 0 Å². The fraction of sp³-hybridized carbons (Fsp3) is 0.385. The fourth-order valence-corrected chi connectivity index (χ4v) is 5.27. The fourth-order valence-electron chi connectivity index (χ4n) is 4.84. The zero-order valence-electron chi connectivity index (χ0n) is 18.3. The van der Waals surface area contributed by atoms with E-state index in [1.165, 1.54) is 47.4 Å². The summed E-state index contributed by atoms with van der Waals surface area (Å²) in [4.78, 5) is 0. The average molecular weight is 437 g/mol. The summed E-state index contributed by atoms with van der Waals surface area (Å²) >= 11 is 0. The molecule has 31 heavy (non-hydrogen) atoms. The van der Waals surface area contributed by atoms with E-state index in [-0.39, 0.29) is 0 Å². The summed E-state index contributed by atoms with van der Waals surface area (Å²) in [6, 6.07) is 24.4. The summed E-state index contributed by atoms with van der Waals surface area (Å²) in [7, 11) is -3.17. The Kier molecular flexibility index (Phi) is 6.75. The lowest BCUT2D eigenvalue weighted by Gasteiger charge is -2.32. The third-order valence-corrected chi connectivity index (χ3v) is 7.11. The van der Waals surface area contributed by atoms with Gasteiger partial charge in [-0.05, 0) is 59.6 Å². The molecule has 1 saturated carbocycles. The van der Waals surface area contributed by atoms with Crippen LogP contribution in [-0.2, 0) is 16.6 Å². The van der Waals surface area contributed by atoms with Gasteiger partial charge in [-0.1, -0.05) is 73.2 Å². The summed E-state index contributed by atoms with van der Waals surface area (Å²) in [5.74, 6) is 0.544. The van der Waals surface area contributed by atoms with Crippen LogP contribution in [0, 0.1) is 0 Å². The maximum absolute atomic E-state index is 11.3. The van der Waals surface area contributed by atoms with Crippen LogP contribution in [0.1, 0.15) is 61.3 Å². The molecule has 0 radical (unpaired) electrons. The Morgan fingerprint density at radius 1 is 0.968 bits per heavy atom. The number of benzene rings is 3. The average Bonchev–Trinajstić information content (AvgIpc) is 2.77. The van der Waals surface area contributed by atoms with E-state index in [2.05, 4.69) is 71.6 Å². The molecule has 1 aliphatic carbocycles. The summed E-state index contributed by atoms with van der Waals surface area (Å²) in [6.45, 7) is 2.62. The van der Waals surface area contributed by atoms with E-state index >= 15 is 0 Å². The van der Waals surface area contributed by atoms with Crippen molar-refractivity contribution in [3.63, 3.8) is 0 Å². The molecule has 0 heterocycles. The van der Waals surface area contributed by atoms with E-state index in [4.69, 9.17) is 0 Å². The molecule has 2 unspecified atom stereocenters. The van der Waals surface area contributed by atoms with Crippen LogP contribution in [0.25, 0.3) is 10.8 Å². The molecule has 0 saturated heterocycles. The topological polar surface area (TPSA) is 58.2 Å². The molecule has 0 bridgehead atoms. The Morgan fingerprint density at radius 3 is 2.48 bits per heavy atom. The van der Waals surface area contributed by atoms with Gasteiger partial charge in [-0.2, -0.15) is 0 Å². The van der Waals surface area contributed by atoms with E-state index in [9.17, 15) is 8.42 Å². The third kappa shape index (κ3) is 5.73. The van der Waals surface area contributed by atoms with Crippen LogP contribution >= 0.6 is 0 Å². The quantitative estimate of drug-likeness (QED) is 0.531.